The number of morpholine rings is 1. The van der Waals surface area contributed by atoms with Crippen LogP contribution in [-0.2, 0) is 17.5 Å². The summed E-state index contributed by atoms with van der Waals surface area (Å²) in [6.45, 7) is 3.22. The summed E-state index contributed by atoms with van der Waals surface area (Å²) in [4.78, 5) is 6.74. The molecule has 2 aromatic heterocycles. The summed E-state index contributed by atoms with van der Waals surface area (Å²) in [6.07, 6.45) is 1.84. The number of nitrogens with zero attached hydrogens (tertiary/aromatic N) is 5. The summed E-state index contributed by atoms with van der Waals surface area (Å²) in [5.41, 5.74) is 2.28. The molecule has 1 aromatic carbocycles. The SMILES string of the molecule is Cn1c(SCc2cccc3cccnc23)nnc1N1CCOCC1. The van der Waals surface area contributed by atoms with Gasteiger partial charge < -0.3 is 9.64 Å². The van der Waals surface area contributed by atoms with Gasteiger partial charge in [0.1, 0.15) is 0 Å². The summed E-state index contributed by atoms with van der Waals surface area (Å²) < 4.78 is 7.47. The normalized spacial score (nSPS) is 15.1. The van der Waals surface area contributed by atoms with Gasteiger partial charge in [0.05, 0.1) is 18.7 Å². The lowest BCUT2D eigenvalue weighted by Crippen LogP contribution is -2.37. The highest BCUT2D eigenvalue weighted by Gasteiger charge is 2.18. The van der Waals surface area contributed by atoms with Crippen molar-refractivity contribution in [2.24, 2.45) is 7.05 Å². The van der Waals surface area contributed by atoms with E-state index in [2.05, 4.69) is 48.9 Å². The minimum atomic E-state index is 0.747. The van der Waals surface area contributed by atoms with Gasteiger partial charge >= 0.3 is 0 Å². The van der Waals surface area contributed by atoms with Crippen molar-refractivity contribution in [2.75, 3.05) is 31.2 Å². The quantitative estimate of drug-likeness (QED) is 0.680. The molecule has 3 aromatic rings. The van der Waals surface area contributed by atoms with Gasteiger partial charge in [0, 0.05) is 37.5 Å². The van der Waals surface area contributed by atoms with E-state index in [1.165, 1.54) is 10.9 Å². The Morgan fingerprint density at radius 3 is 2.83 bits per heavy atom. The molecule has 0 amide bonds. The molecule has 3 heterocycles. The van der Waals surface area contributed by atoms with E-state index in [9.17, 15) is 0 Å². The van der Waals surface area contributed by atoms with Gasteiger partial charge in [-0.1, -0.05) is 36.0 Å². The maximum absolute atomic E-state index is 5.40. The fourth-order valence-electron chi connectivity index (χ4n) is 2.90. The maximum atomic E-state index is 5.40. The van der Waals surface area contributed by atoms with Crippen LogP contribution in [0.4, 0.5) is 5.95 Å². The molecule has 4 rings (SSSR count). The van der Waals surface area contributed by atoms with Crippen molar-refractivity contribution in [3.63, 3.8) is 0 Å². The average molecular weight is 341 g/mol. The highest BCUT2D eigenvalue weighted by Crippen LogP contribution is 2.27. The molecule has 1 aliphatic rings. The molecule has 6 nitrogen and oxygen atoms in total. The van der Waals surface area contributed by atoms with E-state index in [1.54, 1.807) is 11.8 Å². The molecule has 24 heavy (non-hydrogen) atoms. The van der Waals surface area contributed by atoms with Gasteiger partial charge in [0.25, 0.3) is 0 Å². The number of aromatic nitrogens is 4. The number of anilines is 1. The number of rotatable bonds is 4. The Hall–Kier alpha value is -2.12. The van der Waals surface area contributed by atoms with E-state index in [1.807, 2.05) is 19.3 Å². The molecule has 7 heteroatoms. The predicted octanol–water partition coefficient (Wildman–Crippen LogP) is 2.49. The number of hydrogen-bond acceptors (Lipinski definition) is 6. The van der Waals surface area contributed by atoms with Crippen LogP contribution in [0.2, 0.25) is 0 Å². The lowest BCUT2D eigenvalue weighted by molar-refractivity contribution is 0.121. The molecule has 124 valence electrons. The fourth-order valence-corrected chi connectivity index (χ4v) is 3.79. The molecule has 1 fully saturated rings. The fraction of sp³-hybridized carbons (Fsp3) is 0.353. The second-order valence-corrected chi connectivity index (χ2v) is 6.66. The molecule has 0 atom stereocenters. The van der Waals surface area contributed by atoms with Gasteiger partial charge in [-0.05, 0) is 11.6 Å². The number of ether oxygens (including phenoxy) is 1. The molecule has 0 aliphatic carbocycles. The van der Waals surface area contributed by atoms with Gasteiger partial charge in [0.2, 0.25) is 5.95 Å². The molecular weight excluding hydrogens is 322 g/mol. The lowest BCUT2D eigenvalue weighted by atomic mass is 10.1. The molecule has 0 saturated carbocycles. The Balaban J connectivity index is 1.52. The Labute approximate surface area is 144 Å². The van der Waals surface area contributed by atoms with Gasteiger partial charge in [-0.25, -0.2) is 0 Å². The number of hydrogen-bond donors (Lipinski definition) is 0. The molecule has 0 unspecified atom stereocenters. The minimum Gasteiger partial charge on any atom is -0.378 e. The topological polar surface area (TPSA) is 56.1 Å². The lowest BCUT2D eigenvalue weighted by Gasteiger charge is -2.27. The monoisotopic (exact) mass is 341 g/mol. The van der Waals surface area contributed by atoms with E-state index in [0.29, 0.717) is 0 Å². The number of benzene rings is 1. The third kappa shape index (κ3) is 2.97. The van der Waals surface area contributed by atoms with Crippen LogP contribution in [0.1, 0.15) is 5.56 Å². The largest absolute Gasteiger partial charge is 0.378 e. The second-order valence-electron chi connectivity index (χ2n) is 5.72. The Kier molecular flexibility index (Phi) is 4.36. The van der Waals surface area contributed by atoms with Crippen LogP contribution < -0.4 is 4.90 Å². The van der Waals surface area contributed by atoms with Crippen molar-refractivity contribution < 1.29 is 4.74 Å². The van der Waals surface area contributed by atoms with Crippen molar-refractivity contribution in [1.29, 1.82) is 0 Å². The summed E-state index contributed by atoms with van der Waals surface area (Å²) in [5, 5.41) is 10.8. The Bertz CT molecular complexity index is 839. The van der Waals surface area contributed by atoms with E-state index in [-0.39, 0.29) is 0 Å². The van der Waals surface area contributed by atoms with Crippen LogP contribution in [0.5, 0.6) is 0 Å². The molecule has 0 radical (unpaired) electrons. The molecule has 0 spiro atoms. The Morgan fingerprint density at radius 2 is 1.96 bits per heavy atom. The third-order valence-electron chi connectivity index (χ3n) is 4.18. The first-order valence-corrected chi connectivity index (χ1v) is 8.99. The second kappa shape index (κ2) is 6.78. The molecule has 1 aliphatic heterocycles. The maximum Gasteiger partial charge on any atom is 0.227 e. The molecular formula is C17H19N5OS. The zero-order valence-corrected chi connectivity index (χ0v) is 14.4. The van der Waals surface area contributed by atoms with Crippen LogP contribution in [0.3, 0.4) is 0 Å². The third-order valence-corrected chi connectivity index (χ3v) is 5.25. The number of thioether (sulfide) groups is 1. The summed E-state index contributed by atoms with van der Waals surface area (Å²) in [7, 11) is 2.02. The van der Waals surface area contributed by atoms with Crippen molar-refractivity contribution in [3.8, 4) is 0 Å². The smallest absolute Gasteiger partial charge is 0.227 e. The van der Waals surface area contributed by atoms with Gasteiger partial charge in [-0.3, -0.25) is 9.55 Å². The van der Waals surface area contributed by atoms with Crippen molar-refractivity contribution in [2.45, 2.75) is 10.9 Å². The zero-order valence-electron chi connectivity index (χ0n) is 13.6. The summed E-state index contributed by atoms with van der Waals surface area (Å²) in [5.74, 6) is 1.74. The summed E-state index contributed by atoms with van der Waals surface area (Å²) >= 11 is 1.69. The van der Waals surface area contributed by atoms with Crippen LogP contribution >= 0.6 is 11.8 Å². The van der Waals surface area contributed by atoms with E-state index < -0.39 is 0 Å². The first-order chi connectivity index (χ1) is 11.8. The Morgan fingerprint density at radius 1 is 1.12 bits per heavy atom. The first kappa shape index (κ1) is 15.4. The van der Waals surface area contributed by atoms with E-state index in [4.69, 9.17) is 4.74 Å². The molecule has 1 saturated heterocycles. The van der Waals surface area contributed by atoms with Crippen LogP contribution in [0, 0.1) is 0 Å². The summed E-state index contributed by atoms with van der Waals surface area (Å²) in [6, 6.07) is 10.4. The predicted molar refractivity (Wildman–Crippen MR) is 95.3 cm³/mol. The zero-order chi connectivity index (χ0) is 16.4. The van der Waals surface area contributed by atoms with Gasteiger partial charge in [-0.2, -0.15) is 0 Å². The standard InChI is InChI=1S/C17H19N5OS/c1-21-16(22-8-10-23-11-9-22)19-20-17(21)24-12-14-5-2-4-13-6-3-7-18-15(13)14/h2-7H,8-12H2,1H3. The van der Waals surface area contributed by atoms with E-state index >= 15 is 0 Å². The average Bonchev–Trinajstić information content (AvgIpc) is 3.01. The number of para-hydroxylation sites is 1. The first-order valence-electron chi connectivity index (χ1n) is 8.00. The van der Waals surface area contributed by atoms with Crippen molar-refractivity contribution in [1.82, 2.24) is 19.7 Å². The van der Waals surface area contributed by atoms with E-state index in [0.717, 1.165) is 48.7 Å². The van der Waals surface area contributed by atoms with Crippen LogP contribution in [0.15, 0.2) is 41.7 Å². The van der Waals surface area contributed by atoms with Crippen molar-refractivity contribution in [3.05, 3.63) is 42.1 Å². The van der Waals surface area contributed by atoms with Crippen LogP contribution in [0.25, 0.3) is 10.9 Å². The minimum absolute atomic E-state index is 0.747. The molecule has 0 bridgehead atoms. The number of fused-ring (bicyclic) bond motifs is 1. The van der Waals surface area contributed by atoms with Crippen LogP contribution in [-0.4, -0.2) is 46.1 Å². The van der Waals surface area contributed by atoms with Gasteiger partial charge in [-0.15, -0.1) is 10.2 Å². The highest BCUT2D eigenvalue weighted by atomic mass is 32.2. The number of pyridine rings is 1. The van der Waals surface area contributed by atoms with Crippen molar-refractivity contribution >= 4 is 28.6 Å². The van der Waals surface area contributed by atoms with Gasteiger partial charge in [0.15, 0.2) is 5.16 Å². The molecule has 0 N–H and O–H groups in total. The highest BCUT2D eigenvalue weighted by molar-refractivity contribution is 7.98.